The normalized spacial score (nSPS) is 10.9. The summed E-state index contributed by atoms with van der Waals surface area (Å²) in [5.41, 5.74) is 6.74. The van der Waals surface area contributed by atoms with Crippen molar-refractivity contribution in [1.29, 1.82) is 0 Å². The predicted octanol–water partition coefficient (Wildman–Crippen LogP) is 1.76. The minimum atomic E-state index is 0.519. The molecule has 5 nitrogen and oxygen atoms in total. The van der Waals surface area contributed by atoms with Crippen molar-refractivity contribution in [2.24, 2.45) is 0 Å². The zero-order valence-electron chi connectivity index (χ0n) is 9.60. The molecule has 0 aliphatic heterocycles. The molecule has 2 aromatic rings. The van der Waals surface area contributed by atoms with Crippen molar-refractivity contribution in [2.45, 2.75) is 33.2 Å². The Hall–Kier alpha value is -1.78. The maximum absolute atomic E-state index is 5.76. The van der Waals surface area contributed by atoms with Gasteiger partial charge in [0.2, 0.25) is 0 Å². The molecule has 0 spiro atoms. The van der Waals surface area contributed by atoms with Gasteiger partial charge in [-0.1, -0.05) is 18.6 Å². The maximum Gasteiger partial charge on any atom is 0.169 e. The fraction of sp³-hybridized carbons (Fsp3) is 0.455. The van der Waals surface area contributed by atoms with Gasteiger partial charge in [0, 0.05) is 0 Å². The first-order valence-electron chi connectivity index (χ1n) is 5.44. The summed E-state index contributed by atoms with van der Waals surface area (Å²) in [6.45, 7) is 4.62. The van der Waals surface area contributed by atoms with E-state index in [-0.39, 0.29) is 0 Å². The highest BCUT2D eigenvalue weighted by molar-refractivity contribution is 5.33. The summed E-state index contributed by atoms with van der Waals surface area (Å²) in [5.74, 6) is 2.30. The number of anilines is 1. The fourth-order valence-electron chi connectivity index (χ4n) is 1.68. The van der Waals surface area contributed by atoms with E-state index in [0.717, 1.165) is 30.1 Å². The molecule has 0 radical (unpaired) electrons. The van der Waals surface area contributed by atoms with Gasteiger partial charge >= 0.3 is 0 Å². The van der Waals surface area contributed by atoms with E-state index in [1.807, 2.05) is 19.1 Å². The van der Waals surface area contributed by atoms with Gasteiger partial charge in [-0.25, -0.2) is 4.68 Å². The van der Waals surface area contributed by atoms with Crippen molar-refractivity contribution in [2.75, 3.05) is 5.73 Å². The lowest BCUT2D eigenvalue weighted by molar-refractivity contribution is 0.450. The number of rotatable bonds is 4. The summed E-state index contributed by atoms with van der Waals surface area (Å²) in [6.07, 6.45) is 1.91. The third kappa shape index (κ3) is 2.08. The van der Waals surface area contributed by atoms with E-state index in [0.29, 0.717) is 12.4 Å². The molecule has 86 valence electrons. The molecular formula is C11H16N4O. The van der Waals surface area contributed by atoms with E-state index >= 15 is 0 Å². The van der Waals surface area contributed by atoms with Crippen LogP contribution < -0.4 is 5.73 Å². The highest BCUT2D eigenvalue weighted by Gasteiger charge is 2.10. The number of nitrogens with zero attached hydrogens (tertiary/aromatic N) is 3. The van der Waals surface area contributed by atoms with E-state index in [1.165, 1.54) is 0 Å². The molecule has 0 amide bonds. The van der Waals surface area contributed by atoms with Crippen LogP contribution in [0, 0.1) is 6.92 Å². The third-order valence-corrected chi connectivity index (χ3v) is 2.46. The zero-order chi connectivity index (χ0) is 11.5. The Morgan fingerprint density at radius 3 is 2.88 bits per heavy atom. The molecule has 2 heterocycles. The Labute approximate surface area is 94.2 Å². The lowest BCUT2D eigenvalue weighted by atomic mass is 10.2. The first-order valence-corrected chi connectivity index (χ1v) is 5.44. The molecule has 2 aromatic heterocycles. The van der Waals surface area contributed by atoms with Crippen LogP contribution in [0.3, 0.4) is 0 Å². The second-order valence-corrected chi connectivity index (χ2v) is 3.84. The number of hydrogen-bond donors (Lipinski definition) is 1. The molecular weight excluding hydrogens is 204 g/mol. The van der Waals surface area contributed by atoms with Crippen LogP contribution >= 0.6 is 0 Å². The maximum atomic E-state index is 5.76. The quantitative estimate of drug-likeness (QED) is 0.852. The molecule has 0 aliphatic carbocycles. The van der Waals surface area contributed by atoms with E-state index < -0.39 is 0 Å². The molecule has 0 aliphatic rings. The largest absolute Gasteiger partial charge is 0.464 e. The summed E-state index contributed by atoms with van der Waals surface area (Å²) < 4.78 is 7.30. The lowest BCUT2D eigenvalue weighted by Gasteiger charge is -2.03. The summed E-state index contributed by atoms with van der Waals surface area (Å²) in [6, 6.07) is 3.89. The Morgan fingerprint density at radius 2 is 2.25 bits per heavy atom. The van der Waals surface area contributed by atoms with Gasteiger partial charge in [0.05, 0.1) is 5.69 Å². The van der Waals surface area contributed by atoms with E-state index in [9.17, 15) is 0 Å². The number of furan rings is 1. The van der Waals surface area contributed by atoms with Crippen molar-refractivity contribution in [3.05, 3.63) is 29.3 Å². The minimum absolute atomic E-state index is 0.519. The Morgan fingerprint density at radius 1 is 1.44 bits per heavy atom. The van der Waals surface area contributed by atoms with Crippen LogP contribution in [0.25, 0.3) is 0 Å². The number of nitrogen functional groups attached to an aromatic ring is 1. The first kappa shape index (κ1) is 10.7. The second kappa shape index (κ2) is 4.38. The highest BCUT2D eigenvalue weighted by atomic mass is 16.3. The Bertz CT molecular complexity index is 472. The van der Waals surface area contributed by atoms with E-state index in [4.69, 9.17) is 10.2 Å². The highest BCUT2D eigenvalue weighted by Crippen LogP contribution is 2.13. The van der Waals surface area contributed by atoms with Crippen molar-refractivity contribution in [3.8, 4) is 0 Å². The number of hydrogen-bond acceptors (Lipinski definition) is 4. The zero-order valence-corrected chi connectivity index (χ0v) is 9.60. The standard InChI is InChI=1S/C11H16N4O/c1-3-4-10-11(12)13-14-15(10)7-9-6-5-8(2)16-9/h5-6H,3-4,7,12H2,1-2H3. The molecule has 0 fully saturated rings. The Kier molecular flexibility index (Phi) is 2.94. The molecule has 0 bridgehead atoms. The Balaban J connectivity index is 2.20. The smallest absolute Gasteiger partial charge is 0.169 e. The predicted molar refractivity (Wildman–Crippen MR) is 61.0 cm³/mol. The topological polar surface area (TPSA) is 69.9 Å². The summed E-state index contributed by atoms with van der Waals surface area (Å²) in [4.78, 5) is 0. The summed E-state index contributed by atoms with van der Waals surface area (Å²) in [7, 11) is 0. The van der Waals surface area contributed by atoms with Crippen LogP contribution in [0.2, 0.25) is 0 Å². The molecule has 0 saturated carbocycles. The van der Waals surface area contributed by atoms with Gasteiger partial charge in [0.15, 0.2) is 5.82 Å². The summed E-state index contributed by atoms with van der Waals surface area (Å²) in [5, 5.41) is 7.91. The van der Waals surface area contributed by atoms with Crippen molar-refractivity contribution in [1.82, 2.24) is 15.0 Å². The molecule has 5 heteroatoms. The van der Waals surface area contributed by atoms with Gasteiger partial charge in [-0.3, -0.25) is 0 Å². The molecule has 0 unspecified atom stereocenters. The minimum Gasteiger partial charge on any atom is -0.464 e. The van der Waals surface area contributed by atoms with Crippen LogP contribution in [0.4, 0.5) is 5.82 Å². The van der Waals surface area contributed by atoms with Gasteiger partial charge in [-0.05, 0) is 25.5 Å². The molecule has 16 heavy (non-hydrogen) atoms. The van der Waals surface area contributed by atoms with Crippen molar-refractivity contribution < 1.29 is 4.42 Å². The van der Waals surface area contributed by atoms with Gasteiger partial charge in [-0.15, -0.1) is 5.10 Å². The van der Waals surface area contributed by atoms with Gasteiger partial charge in [0.1, 0.15) is 18.1 Å². The van der Waals surface area contributed by atoms with Crippen LogP contribution in [0.15, 0.2) is 16.5 Å². The van der Waals surface area contributed by atoms with Crippen LogP contribution in [0.1, 0.15) is 30.6 Å². The lowest BCUT2D eigenvalue weighted by Crippen LogP contribution is -2.06. The number of nitrogens with two attached hydrogens (primary N) is 1. The monoisotopic (exact) mass is 220 g/mol. The van der Waals surface area contributed by atoms with Gasteiger partial charge in [-0.2, -0.15) is 0 Å². The van der Waals surface area contributed by atoms with Crippen LogP contribution in [-0.2, 0) is 13.0 Å². The third-order valence-electron chi connectivity index (χ3n) is 2.46. The average molecular weight is 220 g/mol. The van der Waals surface area contributed by atoms with Gasteiger partial charge in [0.25, 0.3) is 0 Å². The second-order valence-electron chi connectivity index (χ2n) is 3.84. The molecule has 2 N–H and O–H groups in total. The summed E-state index contributed by atoms with van der Waals surface area (Å²) >= 11 is 0. The molecule has 0 aromatic carbocycles. The van der Waals surface area contributed by atoms with Crippen LogP contribution in [0.5, 0.6) is 0 Å². The molecule has 2 rings (SSSR count). The van der Waals surface area contributed by atoms with E-state index in [1.54, 1.807) is 4.68 Å². The van der Waals surface area contributed by atoms with Crippen LogP contribution in [-0.4, -0.2) is 15.0 Å². The first-order chi connectivity index (χ1) is 7.70. The van der Waals surface area contributed by atoms with Crippen molar-refractivity contribution in [3.63, 3.8) is 0 Å². The molecule has 0 atom stereocenters. The van der Waals surface area contributed by atoms with Crippen molar-refractivity contribution >= 4 is 5.82 Å². The fourth-order valence-corrected chi connectivity index (χ4v) is 1.68. The SMILES string of the molecule is CCCc1c(N)nnn1Cc1ccc(C)o1. The molecule has 0 saturated heterocycles. The van der Waals surface area contributed by atoms with E-state index in [2.05, 4.69) is 17.2 Å². The average Bonchev–Trinajstić information content (AvgIpc) is 2.79. The number of aromatic nitrogens is 3. The van der Waals surface area contributed by atoms with Gasteiger partial charge < -0.3 is 10.2 Å². The number of aryl methyl sites for hydroxylation is 1.